The van der Waals surface area contributed by atoms with Gasteiger partial charge in [-0.2, -0.15) is 11.8 Å². The van der Waals surface area contributed by atoms with Gasteiger partial charge in [-0.3, -0.25) is 0 Å². The Labute approximate surface area is 142 Å². The molecule has 0 aliphatic carbocycles. The predicted molar refractivity (Wildman–Crippen MR) is 99.3 cm³/mol. The van der Waals surface area contributed by atoms with Gasteiger partial charge < -0.3 is 9.47 Å². The Morgan fingerprint density at radius 1 is 0.739 bits per heavy atom. The summed E-state index contributed by atoms with van der Waals surface area (Å²) in [6, 6.07) is 16.3. The summed E-state index contributed by atoms with van der Waals surface area (Å²) in [6.07, 6.45) is 3.52. The number of thioether (sulfide) groups is 1. The molecule has 0 aliphatic heterocycles. The van der Waals surface area contributed by atoms with Gasteiger partial charge in [0.2, 0.25) is 0 Å². The standard InChI is InChI=1S/C20H22O2S/c1-3-13-21-19-11-7-5-9-17(19)15-23-16-18-10-6-8-12-20(18)22-14-4-2/h3-12H,1-2,13-16H2. The molecular formula is C20H22O2S. The van der Waals surface area contributed by atoms with E-state index in [1.54, 1.807) is 12.2 Å². The van der Waals surface area contributed by atoms with Crippen LogP contribution in [0.3, 0.4) is 0 Å². The first kappa shape index (κ1) is 17.2. The van der Waals surface area contributed by atoms with Crippen LogP contribution in [0.25, 0.3) is 0 Å². The van der Waals surface area contributed by atoms with Crippen molar-refractivity contribution >= 4 is 11.8 Å². The molecule has 2 aromatic carbocycles. The van der Waals surface area contributed by atoms with E-state index in [-0.39, 0.29) is 0 Å². The Kier molecular flexibility index (Phi) is 7.34. The van der Waals surface area contributed by atoms with Crippen LogP contribution in [-0.4, -0.2) is 13.2 Å². The summed E-state index contributed by atoms with van der Waals surface area (Å²) >= 11 is 1.84. The minimum atomic E-state index is 0.528. The number of hydrogen-bond acceptors (Lipinski definition) is 3. The second-order valence-corrected chi connectivity index (χ2v) is 5.89. The maximum absolute atomic E-state index is 5.70. The molecule has 0 bridgehead atoms. The topological polar surface area (TPSA) is 18.5 Å². The summed E-state index contributed by atoms with van der Waals surface area (Å²) in [5, 5.41) is 0. The number of para-hydroxylation sites is 2. The first-order valence-electron chi connectivity index (χ1n) is 7.56. The fraction of sp³-hybridized carbons (Fsp3) is 0.200. The van der Waals surface area contributed by atoms with E-state index in [0.717, 1.165) is 23.0 Å². The molecule has 3 heteroatoms. The van der Waals surface area contributed by atoms with Crippen molar-refractivity contribution in [3.05, 3.63) is 85.0 Å². The maximum Gasteiger partial charge on any atom is 0.123 e. The zero-order valence-electron chi connectivity index (χ0n) is 13.2. The number of hydrogen-bond donors (Lipinski definition) is 0. The quantitative estimate of drug-likeness (QED) is 0.556. The lowest BCUT2D eigenvalue weighted by Gasteiger charge is -2.12. The summed E-state index contributed by atoms with van der Waals surface area (Å²) in [4.78, 5) is 0. The molecule has 0 spiro atoms. The van der Waals surface area contributed by atoms with Crippen LogP contribution in [0.1, 0.15) is 11.1 Å². The number of rotatable bonds is 10. The number of benzene rings is 2. The van der Waals surface area contributed by atoms with E-state index in [9.17, 15) is 0 Å². The summed E-state index contributed by atoms with van der Waals surface area (Å²) in [5.41, 5.74) is 2.40. The lowest BCUT2D eigenvalue weighted by atomic mass is 10.2. The van der Waals surface area contributed by atoms with E-state index in [4.69, 9.17) is 9.47 Å². The molecule has 0 heterocycles. The molecule has 0 amide bonds. The average Bonchev–Trinajstić information content (AvgIpc) is 2.60. The van der Waals surface area contributed by atoms with Gasteiger partial charge in [-0.25, -0.2) is 0 Å². The fourth-order valence-corrected chi connectivity index (χ4v) is 3.11. The second kappa shape index (κ2) is 9.80. The Bertz CT molecular complexity index is 582. The summed E-state index contributed by atoms with van der Waals surface area (Å²) in [5.74, 6) is 3.64. The molecule has 0 atom stereocenters. The third kappa shape index (κ3) is 5.53. The van der Waals surface area contributed by atoms with Crippen LogP contribution in [0.5, 0.6) is 11.5 Å². The molecule has 0 saturated carbocycles. The van der Waals surface area contributed by atoms with Gasteiger partial charge in [-0.1, -0.05) is 61.7 Å². The van der Waals surface area contributed by atoms with Crippen LogP contribution in [0.4, 0.5) is 0 Å². The van der Waals surface area contributed by atoms with Crippen molar-refractivity contribution in [2.45, 2.75) is 11.5 Å². The smallest absolute Gasteiger partial charge is 0.123 e. The Balaban J connectivity index is 1.95. The van der Waals surface area contributed by atoms with Gasteiger partial charge in [-0.05, 0) is 12.1 Å². The molecule has 2 aromatic rings. The second-order valence-electron chi connectivity index (χ2n) is 4.91. The van der Waals surface area contributed by atoms with E-state index >= 15 is 0 Å². The van der Waals surface area contributed by atoms with Gasteiger partial charge in [0, 0.05) is 22.6 Å². The maximum atomic E-state index is 5.70. The van der Waals surface area contributed by atoms with E-state index in [0.29, 0.717) is 13.2 Å². The molecule has 2 rings (SSSR count). The van der Waals surface area contributed by atoms with Crippen molar-refractivity contribution in [2.24, 2.45) is 0 Å². The van der Waals surface area contributed by atoms with Crippen molar-refractivity contribution < 1.29 is 9.47 Å². The van der Waals surface area contributed by atoms with Crippen LogP contribution in [0, 0.1) is 0 Å². The van der Waals surface area contributed by atoms with Gasteiger partial charge in [0.1, 0.15) is 24.7 Å². The van der Waals surface area contributed by atoms with E-state index in [2.05, 4.69) is 25.3 Å². The Hall–Kier alpha value is -2.13. The SMILES string of the molecule is C=CCOc1ccccc1CSCc1ccccc1OCC=C. The molecule has 0 unspecified atom stereocenters. The van der Waals surface area contributed by atoms with Crippen LogP contribution >= 0.6 is 11.8 Å². The highest BCUT2D eigenvalue weighted by Crippen LogP contribution is 2.28. The van der Waals surface area contributed by atoms with E-state index in [1.165, 1.54) is 11.1 Å². The van der Waals surface area contributed by atoms with E-state index < -0.39 is 0 Å². The highest BCUT2D eigenvalue weighted by atomic mass is 32.2. The van der Waals surface area contributed by atoms with Crippen LogP contribution in [0.2, 0.25) is 0 Å². The largest absolute Gasteiger partial charge is 0.489 e. The molecule has 0 aromatic heterocycles. The molecule has 0 aliphatic rings. The first-order chi connectivity index (χ1) is 11.3. The van der Waals surface area contributed by atoms with Crippen molar-refractivity contribution in [1.82, 2.24) is 0 Å². The van der Waals surface area contributed by atoms with E-state index in [1.807, 2.05) is 48.2 Å². The van der Waals surface area contributed by atoms with Crippen LogP contribution < -0.4 is 9.47 Å². The number of ether oxygens (including phenoxy) is 2. The molecule has 2 nitrogen and oxygen atoms in total. The first-order valence-corrected chi connectivity index (χ1v) is 8.71. The summed E-state index contributed by atoms with van der Waals surface area (Å²) in [6.45, 7) is 8.44. The highest BCUT2D eigenvalue weighted by Gasteiger charge is 2.06. The van der Waals surface area contributed by atoms with Crippen molar-refractivity contribution in [3.63, 3.8) is 0 Å². The molecule has 0 fully saturated rings. The summed E-state index contributed by atoms with van der Waals surface area (Å²) in [7, 11) is 0. The Morgan fingerprint density at radius 3 is 1.61 bits per heavy atom. The van der Waals surface area contributed by atoms with Gasteiger partial charge in [-0.15, -0.1) is 0 Å². The van der Waals surface area contributed by atoms with Crippen molar-refractivity contribution in [3.8, 4) is 11.5 Å². The third-order valence-electron chi connectivity index (χ3n) is 3.17. The van der Waals surface area contributed by atoms with Crippen LogP contribution in [-0.2, 0) is 11.5 Å². The summed E-state index contributed by atoms with van der Waals surface area (Å²) < 4.78 is 11.4. The molecule has 120 valence electrons. The monoisotopic (exact) mass is 326 g/mol. The minimum absolute atomic E-state index is 0.528. The fourth-order valence-electron chi connectivity index (χ4n) is 2.10. The van der Waals surface area contributed by atoms with Gasteiger partial charge in [0.25, 0.3) is 0 Å². The van der Waals surface area contributed by atoms with Gasteiger partial charge in [0.15, 0.2) is 0 Å². The molecule has 0 N–H and O–H groups in total. The van der Waals surface area contributed by atoms with Crippen molar-refractivity contribution in [2.75, 3.05) is 13.2 Å². The van der Waals surface area contributed by atoms with Gasteiger partial charge in [0.05, 0.1) is 0 Å². The molecule has 0 saturated heterocycles. The minimum Gasteiger partial charge on any atom is -0.489 e. The Morgan fingerprint density at radius 2 is 1.17 bits per heavy atom. The zero-order valence-corrected chi connectivity index (χ0v) is 14.1. The van der Waals surface area contributed by atoms with Crippen LogP contribution in [0.15, 0.2) is 73.8 Å². The lowest BCUT2D eigenvalue weighted by molar-refractivity contribution is 0.360. The zero-order chi connectivity index (χ0) is 16.3. The lowest BCUT2D eigenvalue weighted by Crippen LogP contribution is -1.98. The third-order valence-corrected chi connectivity index (χ3v) is 4.20. The normalized spacial score (nSPS) is 10.1. The van der Waals surface area contributed by atoms with Crippen molar-refractivity contribution in [1.29, 1.82) is 0 Å². The highest BCUT2D eigenvalue weighted by molar-refractivity contribution is 7.97. The molecule has 23 heavy (non-hydrogen) atoms. The predicted octanol–water partition coefficient (Wildman–Crippen LogP) is 5.25. The average molecular weight is 326 g/mol. The molecule has 0 radical (unpaired) electrons. The molecular weight excluding hydrogens is 304 g/mol. The van der Waals surface area contributed by atoms with Gasteiger partial charge >= 0.3 is 0 Å².